The monoisotopic (exact) mass is 492 g/mol. The van der Waals surface area contributed by atoms with Crippen LogP contribution < -0.4 is 16.2 Å². The molecule has 2 heterocycles. The topological polar surface area (TPSA) is 109 Å². The van der Waals surface area contributed by atoms with E-state index in [1.54, 1.807) is 42.9 Å². The van der Waals surface area contributed by atoms with Crippen LogP contribution in [0.25, 0.3) is 11.3 Å². The van der Waals surface area contributed by atoms with E-state index in [1.807, 2.05) is 19.1 Å². The molecule has 0 unspecified atom stereocenters. The van der Waals surface area contributed by atoms with Crippen LogP contribution in [-0.2, 0) is 0 Å². The zero-order valence-electron chi connectivity index (χ0n) is 17.8. The number of hydrogen-bond donors (Lipinski definition) is 3. The molecule has 0 bridgehead atoms. The molecule has 0 aliphatic carbocycles. The third kappa shape index (κ3) is 5.48. The van der Waals surface area contributed by atoms with Crippen LogP contribution in [0.15, 0.2) is 73.2 Å². The standard InChI is InChI=1S/C24H18Cl2N6O2/c1-14-4-5-15(22(33)31-32-23(34)18-7-6-17(25)12-19(18)26)11-21(14)30-24-28-10-8-20(29-24)16-3-2-9-27-13-16/h2-13H,1H3,(H,31,33)(H,32,34)(H,28,29,30). The molecule has 8 nitrogen and oxygen atoms in total. The molecule has 34 heavy (non-hydrogen) atoms. The van der Waals surface area contributed by atoms with Crippen molar-refractivity contribution in [1.82, 2.24) is 25.8 Å². The molecule has 4 rings (SSSR count). The second-order valence-corrected chi connectivity index (χ2v) is 8.04. The fourth-order valence-corrected chi connectivity index (χ4v) is 3.53. The van der Waals surface area contributed by atoms with Crippen LogP contribution in [0.4, 0.5) is 11.6 Å². The number of benzene rings is 2. The first-order valence-corrected chi connectivity index (χ1v) is 10.8. The quantitative estimate of drug-likeness (QED) is 0.339. The zero-order valence-corrected chi connectivity index (χ0v) is 19.4. The Bertz CT molecular complexity index is 1360. The van der Waals surface area contributed by atoms with Crippen LogP contribution in [0.5, 0.6) is 0 Å². The van der Waals surface area contributed by atoms with Crippen molar-refractivity contribution in [3.63, 3.8) is 0 Å². The lowest BCUT2D eigenvalue weighted by atomic mass is 10.1. The maximum atomic E-state index is 12.6. The first kappa shape index (κ1) is 23.2. The van der Waals surface area contributed by atoms with Gasteiger partial charge in [0.15, 0.2) is 0 Å². The minimum absolute atomic E-state index is 0.176. The highest BCUT2D eigenvalue weighted by atomic mass is 35.5. The van der Waals surface area contributed by atoms with Gasteiger partial charge in [-0.2, -0.15) is 0 Å². The van der Waals surface area contributed by atoms with E-state index in [1.165, 1.54) is 18.2 Å². The van der Waals surface area contributed by atoms with Crippen molar-refractivity contribution in [2.24, 2.45) is 0 Å². The summed E-state index contributed by atoms with van der Waals surface area (Å²) in [6.45, 7) is 1.89. The van der Waals surface area contributed by atoms with Gasteiger partial charge in [-0.25, -0.2) is 9.97 Å². The Hall–Kier alpha value is -4.01. The number of anilines is 2. The van der Waals surface area contributed by atoms with Crippen LogP contribution >= 0.6 is 23.2 Å². The summed E-state index contributed by atoms with van der Waals surface area (Å²) in [5.74, 6) is -0.708. The van der Waals surface area contributed by atoms with Gasteiger partial charge in [0.25, 0.3) is 11.8 Å². The molecule has 0 saturated heterocycles. The molecule has 0 saturated carbocycles. The Morgan fingerprint density at radius 3 is 2.50 bits per heavy atom. The molecular weight excluding hydrogens is 475 g/mol. The highest BCUT2D eigenvalue weighted by Gasteiger charge is 2.14. The molecule has 2 amide bonds. The molecule has 2 aromatic carbocycles. The molecular formula is C24H18Cl2N6O2. The molecule has 2 aromatic heterocycles. The van der Waals surface area contributed by atoms with Crippen molar-refractivity contribution in [3.8, 4) is 11.3 Å². The van der Waals surface area contributed by atoms with Crippen molar-refractivity contribution in [3.05, 3.63) is 99.9 Å². The van der Waals surface area contributed by atoms with Crippen molar-refractivity contribution in [1.29, 1.82) is 0 Å². The van der Waals surface area contributed by atoms with Gasteiger partial charge in [0.2, 0.25) is 5.95 Å². The van der Waals surface area contributed by atoms with Crippen molar-refractivity contribution >= 4 is 46.7 Å². The molecule has 0 radical (unpaired) electrons. The van der Waals surface area contributed by atoms with Gasteiger partial charge in [-0.05, 0) is 61.0 Å². The lowest BCUT2D eigenvalue weighted by Gasteiger charge is -2.12. The summed E-state index contributed by atoms with van der Waals surface area (Å²) in [6, 6.07) is 15.0. The van der Waals surface area contributed by atoms with Gasteiger partial charge in [0.05, 0.1) is 16.3 Å². The lowest BCUT2D eigenvalue weighted by molar-refractivity contribution is 0.0847. The number of carbonyl (C=O) groups is 2. The number of aryl methyl sites for hydroxylation is 1. The van der Waals surface area contributed by atoms with Gasteiger partial charge in [-0.15, -0.1) is 0 Å². The Morgan fingerprint density at radius 2 is 1.74 bits per heavy atom. The first-order valence-electron chi connectivity index (χ1n) is 10.1. The molecule has 170 valence electrons. The Balaban J connectivity index is 1.47. The number of carbonyl (C=O) groups excluding carboxylic acids is 2. The molecule has 0 fully saturated rings. The number of aromatic nitrogens is 3. The molecule has 3 N–H and O–H groups in total. The van der Waals surface area contributed by atoms with E-state index in [4.69, 9.17) is 23.2 Å². The summed E-state index contributed by atoms with van der Waals surface area (Å²) < 4.78 is 0. The number of rotatable bonds is 5. The third-order valence-corrected chi connectivity index (χ3v) is 5.37. The molecule has 0 spiro atoms. The normalized spacial score (nSPS) is 10.4. The van der Waals surface area contributed by atoms with Crippen LogP contribution in [0.1, 0.15) is 26.3 Å². The fourth-order valence-electron chi connectivity index (χ4n) is 3.04. The number of pyridine rings is 1. The van der Waals surface area contributed by atoms with E-state index in [2.05, 4.69) is 31.1 Å². The van der Waals surface area contributed by atoms with E-state index in [0.29, 0.717) is 27.9 Å². The number of hydrazine groups is 1. The van der Waals surface area contributed by atoms with Crippen molar-refractivity contribution in [2.45, 2.75) is 6.92 Å². The van der Waals surface area contributed by atoms with E-state index in [9.17, 15) is 9.59 Å². The highest BCUT2D eigenvalue weighted by Crippen LogP contribution is 2.23. The van der Waals surface area contributed by atoms with Gasteiger partial charge >= 0.3 is 0 Å². The Labute approximate surface area is 205 Å². The fraction of sp³-hybridized carbons (Fsp3) is 0.0417. The number of nitrogens with one attached hydrogen (secondary N) is 3. The molecule has 0 aliphatic heterocycles. The average Bonchev–Trinajstić information content (AvgIpc) is 2.84. The predicted molar refractivity (Wildman–Crippen MR) is 131 cm³/mol. The second-order valence-electron chi connectivity index (χ2n) is 7.19. The van der Waals surface area contributed by atoms with Gasteiger partial charge in [-0.3, -0.25) is 25.4 Å². The van der Waals surface area contributed by atoms with Crippen LogP contribution in [0, 0.1) is 6.92 Å². The lowest BCUT2D eigenvalue weighted by Crippen LogP contribution is -2.41. The largest absolute Gasteiger partial charge is 0.324 e. The Kier molecular flexibility index (Phi) is 7.01. The summed E-state index contributed by atoms with van der Waals surface area (Å²) in [5, 5.41) is 3.72. The smallest absolute Gasteiger partial charge is 0.271 e. The number of nitrogens with zero attached hydrogens (tertiary/aromatic N) is 3. The summed E-state index contributed by atoms with van der Waals surface area (Å²) in [4.78, 5) is 37.9. The third-order valence-electron chi connectivity index (χ3n) is 4.82. The van der Waals surface area contributed by atoms with Gasteiger partial charge < -0.3 is 5.32 Å². The van der Waals surface area contributed by atoms with Gasteiger partial charge in [0.1, 0.15) is 0 Å². The SMILES string of the molecule is Cc1ccc(C(=O)NNC(=O)c2ccc(Cl)cc2Cl)cc1Nc1nccc(-c2cccnc2)n1. The minimum Gasteiger partial charge on any atom is -0.324 e. The average molecular weight is 493 g/mol. The van der Waals surface area contributed by atoms with E-state index in [-0.39, 0.29) is 10.6 Å². The second kappa shape index (κ2) is 10.3. The number of hydrogen-bond acceptors (Lipinski definition) is 6. The van der Waals surface area contributed by atoms with E-state index in [0.717, 1.165) is 11.1 Å². The first-order chi connectivity index (χ1) is 16.4. The maximum Gasteiger partial charge on any atom is 0.271 e. The van der Waals surface area contributed by atoms with Crippen molar-refractivity contribution < 1.29 is 9.59 Å². The Morgan fingerprint density at radius 1 is 0.912 bits per heavy atom. The molecule has 10 heteroatoms. The number of halogens is 2. The van der Waals surface area contributed by atoms with Gasteiger partial charge in [0, 0.05) is 40.4 Å². The van der Waals surface area contributed by atoms with E-state index < -0.39 is 11.8 Å². The molecule has 0 aliphatic rings. The van der Waals surface area contributed by atoms with E-state index >= 15 is 0 Å². The minimum atomic E-state index is -0.568. The summed E-state index contributed by atoms with van der Waals surface area (Å²) >= 11 is 11.9. The van der Waals surface area contributed by atoms with Crippen molar-refractivity contribution in [2.75, 3.05) is 5.32 Å². The summed E-state index contributed by atoms with van der Waals surface area (Å²) in [5.41, 5.74) is 8.32. The van der Waals surface area contributed by atoms with Gasteiger partial charge in [-0.1, -0.05) is 29.3 Å². The van der Waals surface area contributed by atoms with Crippen LogP contribution in [0.3, 0.4) is 0 Å². The number of amides is 2. The van der Waals surface area contributed by atoms with Crippen LogP contribution in [0.2, 0.25) is 10.0 Å². The molecule has 4 aromatic rings. The van der Waals surface area contributed by atoms with Crippen LogP contribution in [-0.4, -0.2) is 26.8 Å². The maximum absolute atomic E-state index is 12.6. The highest BCUT2D eigenvalue weighted by molar-refractivity contribution is 6.36. The summed E-state index contributed by atoms with van der Waals surface area (Å²) in [7, 11) is 0. The predicted octanol–water partition coefficient (Wildman–Crippen LogP) is 4.97. The molecule has 0 atom stereocenters. The zero-order chi connectivity index (χ0) is 24.1. The summed E-state index contributed by atoms with van der Waals surface area (Å²) in [6.07, 6.45) is 5.05.